The van der Waals surface area contributed by atoms with E-state index in [4.69, 9.17) is 5.73 Å². The zero-order valence-corrected chi connectivity index (χ0v) is 11.1. The van der Waals surface area contributed by atoms with Crippen LogP contribution in [0.3, 0.4) is 0 Å². The Morgan fingerprint density at radius 1 is 1.56 bits per heavy atom. The van der Waals surface area contributed by atoms with E-state index in [2.05, 4.69) is 34.2 Å². The van der Waals surface area contributed by atoms with Gasteiger partial charge in [-0.25, -0.2) is 0 Å². The summed E-state index contributed by atoms with van der Waals surface area (Å²) >= 11 is 3.44. The number of carbonyl (C=O) groups excluding carboxylic acids is 1. The SMILES string of the molecule is CCC(NC(C)C(N)=O)c1cccc(Br)c1. The molecule has 3 nitrogen and oxygen atoms in total. The van der Waals surface area contributed by atoms with Gasteiger partial charge in [0.05, 0.1) is 6.04 Å². The lowest BCUT2D eigenvalue weighted by molar-refractivity contribution is -0.119. The molecule has 1 rings (SSSR count). The molecule has 16 heavy (non-hydrogen) atoms. The first-order valence-electron chi connectivity index (χ1n) is 5.35. The second-order valence-corrected chi connectivity index (χ2v) is 4.72. The van der Waals surface area contributed by atoms with Gasteiger partial charge in [0.25, 0.3) is 0 Å². The van der Waals surface area contributed by atoms with Crippen molar-refractivity contribution in [2.75, 3.05) is 0 Å². The van der Waals surface area contributed by atoms with E-state index >= 15 is 0 Å². The Labute approximate surface area is 105 Å². The van der Waals surface area contributed by atoms with Crippen molar-refractivity contribution < 1.29 is 4.79 Å². The van der Waals surface area contributed by atoms with Gasteiger partial charge in [-0.15, -0.1) is 0 Å². The van der Waals surface area contributed by atoms with Gasteiger partial charge in [0.15, 0.2) is 0 Å². The Bertz CT molecular complexity index is 368. The van der Waals surface area contributed by atoms with Crippen LogP contribution in [0.1, 0.15) is 31.9 Å². The fourth-order valence-electron chi connectivity index (χ4n) is 1.56. The van der Waals surface area contributed by atoms with E-state index < -0.39 is 0 Å². The summed E-state index contributed by atoms with van der Waals surface area (Å²) in [7, 11) is 0. The number of benzene rings is 1. The van der Waals surface area contributed by atoms with Crippen LogP contribution in [0.15, 0.2) is 28.7 Å². The van der Waals surface area contributed by atoms with Gasteiger partial charge in [-0.1, -0.05) is 35.0 Å². The number of halogens is 1. The summed E-state index contributed by atoms with van der Waals surface area (Å²) in [6.45, 7) is 3.86. The first kappa shape index (κ1) is 13.2. The molecule has 1 amide bonds. The molecule has 0 bridgehead atoms. The van der Waals surface area contributed by atoms with Crippen LogP contribution in [0.2, 0.25) is 0 Å². The molecular formula is C12H17BrN2O. The third-order valence-corrected chi connectivity index (χ3v) is 3.03. The van der Waals surface area contributed by atoms with E-state index in [-0.39, 0.29) is 18.0 Å². The number of amides is 1. The number of carbonyl (C=O) groups is 1. The first-order chi connectivity index (χ1) is 7.54. The van der Waals surface area contributed by atoms with Crippen LogP contribution in [0.5, 0.6) is 0 Å². The smallest absolute Gasteiger partial charge is 0.234 e. The van der Waals surface area contributed by atoms with Crippen molar-refractivity contribution in [2.24, 2.45) is 5.73 Å². The van der Waals surface area contributed by atoms with Gasteiger partial charge in [0.2, 0.25) is 5.91 Å². The van der Waals surface area contributed by atoms with E-state index in [1.54, 1.807) is 6.92 Å². The highest BCUT2D eigenvalue weighted by Crippen LogP contribution is 2.20. The van der Waals surface area contributed by atoms with Crippen molar-refractivity contribution in [1.82, 2.24) is 5.32 Å². The monoisotopic (exact) mass is 284 g/mol. The van der Waals surface area contributed by atoms with Gasteiger partial charge in [-0.2, -0.15) is 0 Å². The van der Waals surface area contributed by atoms with Crippen molar-refractivity contribution >= 4 is 21.8 Å². The molecule has 2 atom stereocenters. The molecule has 1 aromatic rings. The molecule has 0 fully saturated rings. The molecule has 0 saturated heterocycles. The highest BCUT2D eigenvalue weighted by Gasteiger charge is 2.15. The number of hydrogen-bond acceptors (Lipinski definition) is 2. The number of rotatable bonds is 5. The highest BCUT2D eigenvalue weighted by atomic mass is 79.9. The van der Waals surface area contributed by atoms with Crippen molar-refractivity contribution in [3.8, 4) is 0 Å². The van der Waals surface area contributed by atoms with Gasteiger partial charge in [-0.3, -0.25) is 10.1 Å². The maximum absolute atomic E-state index is 11.0. The van der Waals surface area contributed by atoms with Crippen LogP contribution in [0.4, 0.5) is 0 Å². The van der Waals surface area contributed by atoms with Gasteiger partial charge in [0, 0.05) is 10.5 Å². The zero-order chi connectivity index (χ0) is 12.1. The van der Waals surface area contributed by atoms with Gasteiger partial charge >= 0.3 is 0 Å². The Morgan fingerprint density at radius 3 is 2.75 bits per heavy atom. The van der Waals surface area contributed by atoms with Crippen LogP contribution >= 0.6 is 15.9 Å². The van der Waals surface area contributed by atoms with Gasteiger partial charge < -0.3 is 5.73 Å². The molecule has 0 aliphatic heterocycles. The second-order valence-electron chi connectivity index (χ2n) is 3.81. The molecule has 0 aliphatic rings. The van der Waals surface area contributed by atoms with Crippen LogP contribution in [0, 0.1) is 0 Å². The minimum atomic E-state index is -0.326. The van der Waals surface area contributed by atoms with Crippen LogP contribution in [-0.4, -0.2) is 11.9 Å². The number of primary amides is 1. The molecular weight excluding hydrogens is 268 g/mol. The molecule has 2 unspecified atom stereocenters. The van der Waals surface area contributed by atoms with E-state index in [1.165, 1.54) is 0 Å². The summed E-state index contributed by atoms with van der Waals surface area (Å²) < 4.78 is 1.04. The molecule has 88 valence electrons. The van der Waals surface area contributed by atoms with E-state index in [0.29, 0.717) is 0 Å². The maximum Gasteiger partial charge on any atom is 0.234 e. The predicted molar refractivity (Wildman–Crippen MR) is 69.0 cm³/mol. The first-order valence-corrected chi connectivity index (χ1v) is 6.14. The van der Waals surface area contributed by atoms with Crippen molar-refractivity contribution in [3.63, 3.8) is 0 Å². The average molecular weight is 285 g/mol. The van der Waals surface area contributed by atoms with Crippen molar-refractivity contribution in [1.29, 1.82) is 0 Å². The third kappa shape index (κ3) is 3.61. The number of nitrogens with two attached hydrogens (primary N) is 1. The fraction of sp³-hybridized carbons (Fsp3) is 0.417. The lowest BCUT2D eigenvalue weighted by Gasteiger charge is -2.21. The van der Waals surface area contributed by atoms with E-state index in [9.17, 15) is 4.79 Å². The summed E-state index contributed by atoms with van der Waals surface area (Å²) in [4.78, 5) is 11.0. The average Bonchev–Trinajstić information content (AvgIpc) is 2.25. The number of nitrogens with one attached hydrogen (secondary N) is 1. The van der Waals surface area contributed by atoms with Crippen LogP contribution in [-0.2, 0) is 4.79 Å². The highest BCUT2D eigenvalue weighted by molar-refractivity contribution is 9.10. The molecule has 4 heteroatoms. The summed E-state index contributed by atoms with van der Waals surface area (Å²) in [6.07, 6.45) is 0.911. The van der Waals surface area contributed by atoms with E-state index in [1.807, 2.05) is 18.2 Å². The Balaban J connectivity index is 2.78. The molecule has 0 aromatic heterocycles. The Kier molecular flexibility index (Phi) is 4.96. The van der Waals surface area contributed by atoms with Crippen molar-refractivity contribution in [3.05, 3.63) is 34.3 Å². The lowest BCUT2D eigenvalue weighted by atomic mass is 10.0. The quantitative estimate of drug-likeness (QED) is 0.872. The second kappa shape index (κ2) is 6.01. The summed E-state index contributed by atoms with van der Waals surface area (Å²) in [5.74, 6) is -0.326. The Morgan fingerprint density at radius 2 is 2.25 bits per heavy atom. The number of hydrogen-bond donors (Lipinski definition) is 2. The van der Waals surface area contributed by atoms with Crippen LogP contribution < -0.4 is 11.1 Å². The normalized spacial score (nSPS) is 14.4. The lowest BCUT2D eigenvalue weighted by Crippen LogP contribution is -2.40. The molecule has 0 spiro atoms. The Hall–Kier alpha value is -0.870. The summed E-state index contributed by atoms with van der Waals surface area (Å²) in [5.41, 5.74) is 6.39. The predicted octanol–water partition coefficient (Wildman–Crippen LogP) is 2.36. The van der Waals surface area contributed by atoms with Crippen LogP contribution in [0.25, 0.3) is 0 Å². The standard InChI is InChI=1S/C12H17BrN2O/c1-3-11(15-8(2)12(14)16)9-5-4-6-10(13)7-9/h4-8,11,15H,3H2,1-2H3,(H2,14,16). The molecule has 0 radical (unpaired) electrons. The minimum absolute atomic E-state index is 0.153. The van der Waals surface area contributed by atoms with E-state index in [0.717, 1.165) is 16.5 Å². The topological polar surface area (TPSA) is 55.1 Å². The summed E-state index contributed by atoms with van der Waals surface area (Å²) in [5, 5.41) is 3.21. The zero-order valence-electron chi connectivity index (χ0n) is 9.53. The largest absolute Gasteiger partial charge is 0.368 e. The molecule has 0 aliphatic carbocycles. The van der Waals surface area contributed by atoms with Gasteiger partial charge in [-0.05, 0) is 31.0 Å². The third-order valence-electron chi connectivity index (χ3n) is 2.54. The fourth-order valence-corrected chi connectivity index (χ4v) is 1.97. The summed E-state index contributed by atoms with van der Waals surface area (Å²) in [6, 6.07) is 7.89. The molecule has 0 saturated carbocycles. The van der Waals surface area contributed by atoms with Crippen molar-refractivity contribution in [2.45, 2.75) is 32.4 Å². The molecule has 0 heterocycles. The maximum atomic E-state index is 11.0. The van der Waals surface area contributed by atoms with Gasteiger partial charge in [0.1, 0.15) is 0 Å². The molecule has 1 aromatic carbocycles. The minimum Gasteiger partial charge on any atom is -0.368 e. The molecule has 3 N–H and O–H groups in total.